The van der Waals surface area contributed by atoms with Gasteiger partial charge in [0.15, 0.2) is 9.84 Å². The maximum absolute atomic E-state index is 11.9. The Morgan fingerprint density at radius 2 is 1.89 bits per heavy atom. The Morgan fingerprint density at radius 1 is 1.22 bits per heavy atom. The van der Waals surface area contributed by atoms with Crippen LogP contribution in [0.4, 0.5) is 0 Å². The fraction of sp³-hybridized carbons (Fsp3) is 0.917. The molecule has 0 aromatic rings. The summed E-state index contributed by atoms with van der Waals surface area (Å²) in [6.07, 6.45) is 3.20. The third-order valence-corrected chi connectivity index (χ3v) is 5.25. The van der Waals surface area contributed by atoms with Crippen LogP contribution in [0.1, 0.15) is 32.1 Å². The first-order valence-electron chi connectivity index (χ1n) is 6.19. The molecule has 0 unspecified atom stereocenters. The molecule has 1 saturated carbocycles. The van der Waals surface area contributed by atoms with Crippen LogP contribution in [0.25, 0.3) is 0 Å². The second-order valence-electron chi connectivity index (χ2n) is 5.04. The standard InChI is InChI=1S/C12H22O5S/c1-16-7-3-4-8-18(14,15)10-12(5-6-12)9-11(13)17-2/h3-10H2,1-2H3. The summed E-state index contributed by atoms with van der Waals surface area (Å²) < 4.78 is 33.3. The van der Waals surface area contributed by atoms with Gasteiger partial charge in [-0.2, -0.15) is 0 Å². The number of carbonyl (C=O) groups is 1. The van der Waals surface area contributed by atoms with Crippen molar-refractivity contribution in [3.63, 3.8) is 0 Å². The minimum absolute atomic E-state index is 0.113. The van der Waals surface area contributed by atoms with E-state index < -0.39 is 9.84 Å². The summed E-state index contributed by atoms with van der Waals surface area (Å²) in [5.74, 6) is -0.0245. The lowest BCUT2D eigenvalue weighted by molar-refractivity contribution is -0.141. The highest BCUT2D eigenvalue weighted by molar-refractivity contribution is 7.91. The molecule has 0 aromatic heterocycles. The van der Waals surface area contributed by atoms with Crippen LogP contribution < -0.4 is 0 Å². The van der Waals surface area contributed by atoms with Gasteiger partial charge in [-0.1, -0.05) is 0 Å². The fourth-order valence-corrected chi connectivity index (χ4v) is 4.15. The van der Waals surface area contributed by atoms with Crippen LogP contribution in [-0.4, -0.2) is 46.7 Å². The number of ether oxygens (including phenoxy) is 2. The monoisotopic (exact) mass is 278 g/mol. The van der Waals surface area contributed by atoms with Gasteiger partial charge in [0, 0.05) is 13.7 Å². The van der Waals surface area contributed by atoms with Crippen LogP contribution in [0.15, 0.2) is 0 Å². The van der Waals surface area contributed by atoms with Gasteiger partial charge in [-0.15, -0.1) is 0 Å². The number of rotatable bonds is 9. The molecule has 1 aliphatic rings. The van der Waals surface area contributed by atoms with Crippen LogP contribution in [0.3, 0.4) is 0 Å². The number of carbonyl (C=O) groups excluding carboxylic acids is 1. The Kier molecular flexibility index (Phi) is 5.59. The topological polar surface area (TPSA) is 69.7 Å². The first-order chi connectivity index (χ1) is 8.43. The van der Waals surface area contributed by atoms with Crippen molar-refractivity contribution in [2.75, 3.05) is 32.3 Å². The van der Waals surface area contributed by atoms with Gasteiger partial charge < -0.3 is 9.47 Å². The van der Waals surface area contributed by atoms with Crippen molar-refractivity contribution in [1.82, 2.24) is 0 Å². The van der Waals surface area contributed by atoms with Crippen molar-refractivity contribution in [2.24, 2.45) is 5.41 Å². The molecule has 106 valence electrons. The molecule has 0 spiro atoms. The van der Waals surface area contributed by atoms with Gasteiger partial charge in [-0.3, -0.25) is 4.79 Å². The van der Waals surface area contributed by atoms with E-state index >= 15 is 0 Å². The quantitative estimate of drug-likeness (QED) is 0.468. The normalized spacial score (nSPS) is 17.4. The molecular weight excluding hydrogens is 256 g/mol. The minimum Gasteiger partial charge on any atom is -0.469 e. The summed E-state index contributed by atoms with van der Waals surface area (Å²) >= 11 is 0. The largest absolute Gasteiger partial charge is 0.469 e. The number of methoxy groups -OCH3 is 2. The van der Waals surface area contributed by atoms with Crippen LogP contribution >= 0.6 is 0 Å². The fourth-order valence-electron chi connectivity index (χ4n) is 2.03. The highest BCUT2D eigenvalue weighted by Gasteiger charge is 2.47. The Morgan fingerprint density at radius 3 is 2.39 bits per heavy atom. The summed E-state index contributed by atoms with van der Waals surface area (Å²) in [5, 5.41) is 0. The summed E-state index contributed by atoms with van der Waals surface area (Å²) in [5.41, 5.74) is -0.340. The summed E-state index contributed by atoms with van der Waals surface area (Å²) in [7, 11) is -0.142. The average Bonchev–Trinajstić information content (AvgIpc) is 3.03. The second kappa shape index (κ2) is 6.52. The SMILES string of the molecule is COCCCCS(=O)(=O)CC1(CC(=O)OC)CC1. The molecule has 1 aliphatic carbocycles. The smallest absolute Gasteiger partial charge is 0.306 e. The van der Waals surface area contributed by atoms with Gasteiger partial charge in [-0.25, -0.2) is 8.42 Å². The molecule has 0 N–H and O–H groups in total. The molecule has 18 heavy (non-hydrogen) atoms. The lowest BCUT2D eigenvalue weighted by Crippen LogP contribution is -2.23. The minimum atomic E-state index is -3.07. The van der Waals surface area contributed by atoms with Crippen molar-refractivity contribution in [3.8, 4) is 0 Å². The van der Waals surface area contributed by atoms with Gasteiger partial charge in [0.1, 0.15) is 0 Å². The zero-order valence-electron chi connectivity index (χ0n) is 11.1. The van der Waals surface area contributed by atoms with E-state index in [2.05, 4.69) is 4.74 Å². The van der Waals surface area contributed by atoms with Gasteiger partial charge >= 0.3 is 5.97 Å². The number of sulfone groups is 1. The van der Waals surface area contributed by atoms with Gasteiger partial charge in [0.25, 0.3) is 0 Å². The van der Waals surface area contributed by atoms with E-state index in [0.29, 0.717) is 13.0 Å². The second-order valence-corrected chi connectivity index (χ2v) is 7.23. The van der Waals surface area contributed by atoms with E-state index in [0.717, 1.165) is 19.3 Å². The van der Waals surface area contributed by atoms with Crippen molar-refractivity contribution in [3.05, 3.63) is 0 Å². The van der Waals surface area contributed by atoms with Crippen molar-refractivity contribution in [1.29, 1.82) is 0 Å². The summed E-state index contributed by atoms with van der Waals surface area (Å²) in [4.78, 5) is 11.2. The van der Waals surface area contributed by atoms with Crippen LogP contribution in [0.5, 0.6) is 0 Å². The van der Waals surface area contributed by atoms with Crippen molar-refractivity contribution >= 4 is 15.8 Å². The summed E-state index contributed by atoms with van der Waals surface area (Å²) in [6, 6.07) is 0. The molecule has 0 aliphatic heterocycles. The van der Waals surface area contributed by atoms with Crippen molar-refractivity contribution < 1.29 is 22.7 Å². The average molecular weight is 278 g/mol. The molecular formula is C12H22O5S. The molecule has 0 amide bonds. The number of esters is 1. The van der Waals surface area contributed by atoms with E-state index in [1.165, 1.54) is 7.11 Å². The first kappa shape index (κ1) is 15.4. The zero-order chi connectivity index (χ0) is 13.6. The van der Waals surface area contributed by atoms with Crippen molar-refractivity contribution in [2.45, 2.75) is 32.1 Å². The Labute approximate surface area is 109 Å². The lowest BCUT2D eigenvalue weighted by Gasteiger charge is -2.13. The Bertz CT molecular complexity index is 370. The van der Waals surface area contributed by atoms with Gasteiger partial charge in [-0.05, 0) is 31.1 Å². The predicted octanol–water partition coefficient (Wildman–Crippen LogP) is 1.17. The van der Waals surface area contributed by atoms with Crippen LogP contribution in [-0.2, 0) is 24.1 Å². The van der Waals surface area contributed by atoms with Crippen LogP contribution in [0.2, 0.25) is 0 Å². The molecule has 0 aromatic carbocycles. The van der Waals surface area contributed by atoms with Gasteiger partial charge in [0.05, 0.1) is 25.0 Å². The van der Waals surface area contributed by atoms with E-state index in [9.17, 15) is 13.2 Å². The van der Waals surface area contributed by atoms with E-state index in [-0.39, 0.29) is 29.3 Å². The maximum atomic E-state index is 11.9. The molecule has 5 nitrogen and oxygen atoms in total. The predicted molar refractivity (Wildman–Crippen MR) is 68.1 cm³/mol. The third kappa shape index (κ3) is 5.35. The van der Waals surface area contributed by atoms with E-state index in [1.807, 2.05) is 0 Å². The maximum Gasteiger partial charge on any atom is 0.306 e. The molecule has 6 heteroatoms. The van der Waals surface area contributed by atoms with Gasteiger partial charge in [0.2, 0.25) is 0 Å². The van der Waals surface area contributed by atoms with E-state index in [1.54, 1.807) is 7.11 Å². The third-order valence-electron chi connectivity index (χ3n) is 3.28. The first-order valence-corrected chi connectivity index (χ1v) is 8.01. The molecule has 0 saturated heterocycles. The zero-order valence-corrected chi connectivity index (χ0v) is 11.9. The lowest BCUT2D eigenvalue weighted by atomic mass is 10.1. The number of hydrogen-bond donors (Lipinski definition) is 0. The highest BCUT2D eigenvalue weighted by atomic mass is 32.2. The molecule has 1 fully saturated rings. The Hall–Kier alpha value is -0.620. The van der Waals surface area contributed by atoms with Crippen LogP contribution in [0, 0.1) is 5.41 Å². The van der Waals surface area contributed by atoms with E-state index in [4.69, 9.17) is 4.74 Å². The summed E-state index contributed by atoms with van der Waals surface area (Å²) in [6.45, 7) is 0.586. The molecule has 0 heterocycles. The molecule has 0 bridgehead atoms. The number of unbranched alkanes of at least 4 members (excludes halogenated alkanes) is 1. The number of hydrogen-bond acceptors (Lipinski definition) is 5. The Balaban J connectivity index is 2.38. The molecule has 1 rings (SSSR count). The molecule has 0 radical (unpaired) electrons. The molecule has 0 atom stereocenters. The highest BCUT2D eigenvalue weighted by Crippen LogP contribution is 2.50.